The average molecular weight is 319 g/mol. The fourth-order valence-electron chi connectivity index (χ4n) is 2.89. The van der Waals surface area contributed by atoms with Gasteiger partial charge in [-0.2, -0.15) is 5.10 Å². The Labute approximate surface area is 134 Å². The fourth-order valence-corrected chi connectivity index (χ4v) is 3.12. The lowest BCUT2D eigenvalue weighted by atomic mass is 10.0. The van der Waals surface area contributed by atoms with Gasteiger partial charge in [-0.15, -0.1) is 0 Å². The van der Waals surface area contributed by atoms with Crippen molar-refractivity contribution in [2.75, 3.05) is 30.4 Å². The second-order valence-corrected chi connectivity index (χ2v) is 5.80. The van der Waals surface area contributed by atoms with E-state index in [1.165, 1.54) is 10.4 Å². The number of hydrogen-bond donors (Lipinski definition) is 1. The van der Waals surface area contributed by atoms with Gasteiger partial charge in [0.2, 0.25) is 0 Å². The van der Waals surface area contributed by atoms with Crippen LogP contribution in [0.2, 0.25) is 5.02 Å². The summed E-state index contributed by atoms with van der Waals surface area (Å²) in [6, 6.07) is 10.4. The maximum Gasteiger partial charge on any atom is 0.287 e. The quantitative estimate of drug-likeness (QED) is 0.945. The van der Waals surface area contributed by atoms with Gasteiger partial charge in [0.1, 0.15) is 5.02 Å². The molecule has 1 aliphatic rings. The number of aromatic nitrogens is 2. The van der Waals surface area contributed by atoms with Crippen molar-refractivity contribution in [1.29, 1.82) is 0 Å². The molecule has 0 radical (unpaired) electrons. The van der Waals surface area contributed by atoms with E-state index in [-0.39, 0.29) is 16.6 Å². The number of benzene rings is 1. The third-order valence-corrected chi connectivity index (χ3v) is 4.51. The molecule has 2 aromatic rings. The minimum atomic E-state index is -0.216. The molecule has 1 fully saturated rings. The molecule has 3 rings (SSSR count). The van der Waals surface area contributed by atoms with E-state index in [0.717, 1.165) is 25.9 Å². The van der Waals surface area contributed by atoms with Crippen molar-refractivity contribution in [3.05, 3.63) is 51.9 Å². The summed E-state index contributed by atoms with van der Waals surface area (Å²) in [6.45, 7) is 1.82. The van der Waals surface area contributed by atoms with Gasteiger partial charge in [-0.05, 0) is 25.0 Å². The van der Waals surface area contributed by atoms with Crippen molar-refractivity contribution < 1.29 is 0 Å². The Kier molecular flexibility index (Phi) is 4.34. The van der Waals surface area contributed by atoms with Gasteiger partial charge < -0.3 is 10.2 Å². The molecule has 5 nitrogen and oxygen atoms in total. The predicted molar refractivity (Wildman–Crippen MR) is 90.0 cm³/mol. The summed E-state index contributed by atoms with van der Waals surface area (Å²) in [6.07, 6.45) is 3.39. The number of rotatable bonds is 3. The van der Waals surface area contributed by atoms with Crippen LogP contribution in [0.1, 0.15) is 18.9 Å². The second-order valence-electron chi connectivity index (χ2n) is 5.43. The number of halogens is 1. The van der Waals surface area contributed by atoms with Crippen LogP contribution >= 0.6 is 11.6 Å². The molecule has 0 spiro atoms. The van der Waals surface area contributed by atoms with Gasteiger partial charge in [0.25, 0.3) is 5.56 Å². The van der Waals surface area contributed by atoms with Gasteiger partial charge in [-0.25, -0.2) is 4.68 Å². The molecule has 0 bridgehead atoms. The van der Waals surface area contributed by atoms with Crippen LogP contribution in [0.5, 0.6) is 0 Å². The van der Waals surface area contributed by atoms with Crippen molar-refractivity contribution in [2.45, 2.75) is 18.9 Å². The molecule has 1 saturated heterocycles. The van der Waals surface area contributed by atoms with E-state index in [2.05, 4.69) is 27.4 Å². The third-order valence-electron chi connectivity index (χ3n) is 4.14. The van der Waals surface area contributed by atoms with Gasteiger partial charge in [0, 0.05) is 25.8 Å². The third kappa shape index (κ3) is 2.81. The molecule has 1 N–H and O–H groups in total. The molecule has 0 atom stereocenters. The lowest BCUT2D eigenvalue weighted by molar-refractivity contribution is 0.353. The zero-order chi connectivity index (χ0) is 15.5. The lowest BCUT2D eigenvalue weighted by Crippen LogP contribution is -2.38. The SMILES string of the molecule is CNc1cnn(C2CCN(c3ccccc3)CC2)c(=O)c1Cl. The van der Waals surface area contributed by atoms with Gasteiger partial charge >= 0.3 is 0 Å². The predicted octanol–water partition coefficient (Wildman–Crippen LogP) is 2.78. The maximum atomic E-state index is 12.3. The molecular weight excluding hydrogens is 300 g/mol. The molecule has 2 heterocycles. The molecule has 1 aromatic heterocycles. The lowest BCUT2D eigenvalue weighted by Gasteiger charge is -2.33. The molecular formula is C16H19ClN4O. The van der Waals surface area contributed by atoms with Gasteiger partial charge in [0.15, 0.2) is 0 Å². The first-order chi connectivity index (χ1) is 10.7. The molecule has 1 aromatic carbocycles. The molecule has 0 amide bonds. The van der Waals surface area contributed by atoms with Crippen LogP contribution in [0.3, 0.4) is 0 Å². The van der Waals surface area contributed by atoms with Crippen LogP contribution in [0, 0.1) is 0 Å². The van der Waals surface area contributed by atoms with E-state index in [1.807, 2.05) is 18.2 Å². The van der Waals surface area contributed by atoms with Crippen molar-refractivity contribution in [3.63, 3.8) is 0 Å². The van der Waals surface area contributed by atoms with Crippen LogP contribution in [0.25, 0.3) is 0 Å². The molecule has 116 valence electrons. The monoisotopic (exact) mass is 318 g/mol. The first kappa shape index (κ1) is 14.9. The minimum absolute atomic E-state index is 0.107. The number of nitrogens with one attached hydrogen (secondary N) is 1. The summed E-state index contributed by atoms with van der Waals surface area (Å²) in [5.41, 5.74) is 1.58. The van der Waals surface area contributed by atoms with E-state index in [9.17, 15) is 4.79 Å². The Bertz CT molecular complexity index is 693. The van der Waals surface area contributed by atoms with Crippen LogP contribution in [0.15, 0.2) is 41.3 Å². The molecule has 0 saturated carbocycles. The van der Waals surface area contributed by atoms with E-state index >= 15 is 0 Å². The zero-order valence-electron chi connectivity index (χ0n) is 12.5. The highest BCUT2D eigenvalue weighted by molar-refractivity contribution is 6.32. The molecule has 22 heavy (non-hydrogen) atoms. The van der Waals surface area contributed by atoms with E-state index in [4.69, 9.17) is 11.6 Å². The maximum absolute atomic E-state index is 12.3. The summed E-state index contributed by atoms with van der Waals surface area (Å²) in [4.78, 5) is 14.7. The van der Waals surface area contributed by atoms with Crippen molar-refractivity contribution in [1.82, 2.24) is 9.78 Å². The Morgan fingerprint density at radius 3 is 2.55 bits per heavy atom. The van der Waals surface area contributed by atoms with Crippen LogP contribution in [-0.4, -0.2) is 29.9 Å². The average Bonchev–Trinajstić information content (AvgIpc) is 2.58. The Hall–Kier alpha value is -2.01. The topological polar surface area (TPSA) is 50.2 Å². The number of para-hydroxylation sites is 1. The molecule has 0 aliphatic carbocycles. The number of anilines is 2. The summed E-state index contributed by atoms with van der Waals surface area (Å²) < 4.78 is 1.53. The Morgan fingerprint density at radius 2 is 1.91 bits per heavy atom. The van der Waals surface area contributed by atoms with Crippen molar-refractivity contribution >= 4 is 23.0 Å². The number of hydrogen-bond acceptors (Lipinski definition) is 4. The largest absolute Gasteiger partial charge is 0.385 e. The van der Waals surface area contributed by atoms with E-state index in [0.29, 0.717) is 5.69 Å². The van der Waals surface area contributed by atoms with E-state index in [1.54, 1.807) is 13.2 Å². The highest BCUT2D eigenvalue weighted by Crippen LogP contribution is 2.26. The highest BCUT2D eigenvalue weighted by Gasteiger charge is 2.23. The van der Waals surface area contributed by atoms with Crippen molar-refractivity contribution in [2.24, 2.45) is 0 Å². The Morgan fingerprint density at radius 1 is 1.23 bits per heavy atom. The smallest absolute Gasteiger partial charge is 0.287 e. The van der Waals surface area contributed by atoms with Gasteiger partial charge in [-0.1, -0.05) is 29.8 Å². The first-order valence-corrected chi connectivity index (χ1v) is 7.83. The summed E-state index contributed by atoms with van der Waals surface area (Å²) in [7, 11) is 1.73. The molecule has 6 heteroatoms. The normalized spacial score (nSPS) is 15.8. The summed E-state index contributed by atoms with van der Waals surface area (Å²) in [5, 5.41) is 7.36. The fraction of sp³-hybridized carbons (Fsp3) is 0.375. The van der Waals surface area contributed by atoms with Crippen LogP contribution in [0.4, 0.5) is 11.4 Å². The van der Waals surface area contributed by atoms with Crippen LogP contribution in [-0.2, 0) is 0 Å². The zero-order valence-corrected chi connectivity index (χ0v) is 13.3. The minimum Gasteiger partial charge on any atom is -0.385 e. The second kappa shape index (κ2) is 6.40. The summed E-state index contributed by atoms with van der Waals surface area (Å²) >= 11 is 6.10. The highest BCUT2D eigenvalue weighted by atomic mass is 35.5. The molecule has 1 aliphatic heterocycles. The van der Waals surface area contributed by atoms with Crippen molar-refractivity contribution in [3.8, 4) is 0 Å². The van der Waals surface area contributed by atoms with Crippen LogP contribution < -0.4 is 15.8 Å². The van der Waals surface area contributed by atoms with E-state index < -0.39 is 0 Å². The number of nitrogens with zero attached hydrogens (tertiary/aromatic N) is 3. The van der Waals surface area contributed by atoms with Gasteiger partial charge in [-0.3, -0.25) is 4.79 Å². The molecule has 0 unspecified atom stereocenters. The standard InChI is InChI=1S/C16H19ClN4O/c1-18-14-11-19-21(16(22)15(14)17)13-7-9-20(10-8-13)12-5-3-2-4-6-12/h2-6,11,13,18H,7-10H2,1H3. The Balaban J connectivity index is 1.75. The number of piperidine rings is 1. The summed E-state index contributed by atoms with van der Waals surface area (Å²) in [5.74, 6) is 0. The first-order valence-electron chi connectivity index (χ1n) is 7.46. The van der Waals surface area contributed by atoms with Gasteiger partial charge in [0.05, 0.1) is 17.9 Å².